The predicted molar refractivity (Wildman–Crippen MR) is 90.6 cm³/mol. The van der Waals surface area contributed by atoms with Crippen LogP contribution in [0.1, 0.15) is 27.9 Å². The molecule has 1 heterocycles. The van der Waals surface area contributed by atoms with E-state index in [1.165, 1.54) is 12.1 Å². The van der Waals surface area contributed by atoms with Gasteiger partial charge in [0.15, 0.2) is 5.78 Å². The second kappa shape index (κ2) is 7.47. The van der Waals surface area contributed by atoms with E-state index in [2.05, 4.69) is 5.32 Å². The number of carbonyl (C=O) groups excluding carboxylic acids is 1. The number of aromatic hydroxyl groups is 2. The zero-order chi connectivity index (χ0) is 16.9. The summed E-state index contributed by atoms with van der Waals surface area (Å²) in [7, 11) is 0. The Hall–Kier alpha value is -2.37. The summed E-state index contributed by atoms with van der Waals surface area (Å²) in [5, 5.41) is 23.9. The Morgan fingerprint density at radius 1 is 1.17 bits per heavy atom. The number of morpholine rings is 1. The van der Waals surface area contributed by atoms with Crippen LogP contribution >= 0.6 is 0 Å². The second-order valence-corrected chi connectivity index (χ2v) is 5.92. The molecule has 0 saturated carbocycles. The van der Waals surface area contributed by atoms with E-state index in [4.69, 9.17) is 4.74 Å². The Balaban J connectivity index is 1.81. The van der Waals surface area contributed by atoms with Gasteiger partial charge in [-0.2, -0.15) is 0 Å². The Kier molecular flexibility index (Phi) is 5.13. The van der Waals surface area contributed by atoms with Gasteiger partial charge in [0, 0.05) is 23.7 Å². The van der Waals surface area contributed by atoms with Crippen LogP contribution < -0.4 is 5.32 Å². The van der Waals surface area contributed by atoms with E-state index in [9.17, 15) is 15.0 Å². The monoisotopic (exact) mass is 327 g/mol. The van der Waals surface area contributed by atoms with Crippen LogP contribution in [0.3, 0.4) is 0 Å². The zero-order valence-corrected chi connectivity index (χ0v) is 13.4. The molecule has 0 spiro atoms. The molecule has 1 fully saturated rings. The van der Waals surface area contributed by atoms with Crippen LogP contribution in [-0.4, -0.2) is 41.8 Å². The topological polar surface area (TPSA) is 78.8 Å². The van der Waals surface area contributed by atoms with Crippen molar-refractivity contribution in [1.82, 2.24) is 5.32 Å². The van der Waals surface area contributed by atoms with Crippen LogP contribution in [0.25, 0.3) is 0 Å². The third kappa shape index (κ3) is 3.58. The van der Waals surface area contributed by atoms with Gasteiger partial charge in [-0.25, -0.2) is 0 Å². The number of rotatable bonds is 5. The van der Waals surface area contributed by atoms with Gasteiger partial charge in [0.05, 0.1) is 18.8 Å². The van der Waals surface area contributed by atoms with Crippen molar-refractivity contribution in [2.45, 2.75) is 18.9 Å². The molecule has 3 rings (SSSR count). The quantitative estimate of drug-likeness (QED) is 0.734. The molecule has 1 aliphatic rings. The van der Waals surface area contributed by atoms with Crippen LogP contribution in [0.5, 0.6) is 11.5 Å². The largest absolute Gasteiger partial charge is 0.508 e. The van der Waals surface area contributed by atoms with Gasteiger partial charge >= 0.3 is 0 Å². The van der Waals surface area contributed by atoms with Crippen LogP contribution in [0, 0.1) is 0 Å². The highest BCUT2D eigenvalue weighted by atomic mass is 16.5. The maximum absolute atomic E-state index is 12.6. The van der Waals surface area contributed by atoms with Crippen molar-refractivity contribution in [2.24, 2.45) is 0 Å². The fourth-order valence-corrected chi connectivity index (χ4v) is 2.92. The Labute approximate surface area is 140 Å². The van der Waals surface area contributed by atoms with Gasteiger partial charge in [-0.1, -0.05) is 30.3 Å². The van der Waals surface area contributed by atoms with Gasteiger partial charge in [0.2, 0.25) is 0 Å². The SMILES string of the molecule is O=C(c1ccccc1)c1ccc(O)c(CCC2COCCN2)c1O. The normalized spacial score (nSPS) is 17.6. The molecule has 1 unspecified atom stereocenters. The highest BCUT2D eigenvalue weighted by molar-refractivity contribution is 6.11. The highest BCUT2D eigenvalue weighted by Crippen LogP contribution is 2.33. The molecule has 1 aliphatic heterocycles. The van der Waals surface area contributed by atoms with Crippen molar-refractivity contribution in [3.8, 4) is 11.5 Å². The third-order valence-corrected chi connectivity index (χ3v) is 4.28. The molecular weight excluding hydrogens is 306 g/mol. The summed E-state index contributed by atoms with van der Waals surface area (Å²) in [5.74, 6) is -0.386. The first-order valence-electron chi connectivity index (χ1n) is 8.11. The van der Waals surface area contributed by atoms with Gasteiger partial charge in [0.25, 0.3) is 0 Å². The average Bonchev–Trinajstić information content (AvgIpc) is 2.63. The summed E-state index contributed by atoms with van der Waals surface area (Å²) >= 11 is 0. The molecule has 0 bridgehead atoms. The van der Waals surface area contributed by atoms with E-state index in [1.54, 1.807) is 24.3 Å². The summed E-state index contributed by atoms with van der Waals surface area (Å²) in [5.41, 5.74) is 1.12. The van der Waals surface area contributed by atoms with Gasteiger partial charge < -0.3 is 20.3 Å². The lowest BCUT2D eigenvalue weighted by Crippen LogP contribution is -2.41. The second-order valence-electron chi connectivity index (χ2n) is 5.92. The number of benzene rings is 2. The molecule has 24 heavy (non-hydrogen) atoms. The number of hydrogen-bond acceptors (Lipinski definition) is 5. The van der Waals surface area contributed by atoms with E-state index in [-0.39, 0.29) is 28.9 Å². The Bertz CT molecular complexity index is 709. The maximum Gasteiger partial charge on any atom is 0.196 e. The van der Waals surface area contributed by atoms with Gasteiger partial charge in [-0.05, 0) is 25.0 Å². The predicted octanol–water partition coefficient (Wildman–Crippen LogP) is 2.25. The number of hydrogen-bond donors (Lipinski definition) is 3. The number of carbonyl (C=O) groups is 1. The molecule has 3 N–H and O–H groups in total. The van der Waals surface area contributed by atoms with Gasteiger partial charge in [-0.3, -0.25) is 4.79 Å². The number of ketones is 1. The minimum Gasteiger partial charge on any atom is -0.508 e. The van der Waals surface area contributed by atoms with E-state index in [0.717, 1.165) is 6.54 Å². The minimum absolute atomic E-state index is 0.00818. The summed E-state index contributed by atoms with van der Waals surface area (Å²) in [6.45, 7) is 2.12. The molecule has 1 atom stereocenters. The van der Waals surface area contributed by atoms with Crippen molar-refractivity contribution >= 4 is 5.78 Å². The molecule has 0 aromatic heterocycles. The Morgan fingerprint density at radius 3 is 2.67 bits per heavy atom. The Morgan fingerprint density at radius 2 is 1.96 bits per heavy atom. The number of ether oxygens (including phenoxy) is 1. The summed E-state index contributed by atoms with van der Waals surface area (Å²) < 4.78 is 5.41. The molecule has 2 aromatic carbocycles. The van der Waals surface area contributed by atoms with E-state index in [1.807, 2.05) is 6.07 Å². The maximum atomic E-state index is 12.6. The van der Waals surface area contributed by atoms with Crippen LogP contribution in [0.4, 0.5) is 0 Å². The number of nitrogens with one attached hydrogen (secondary N) is 1. The van der Waals surface area contributed by atoms with Crippen molar-refractivity contribution in [3.63, 3.8) is 0 Å². The first-order valence-corrected chi connectivity index (χ1v) is 8.11. The molecule has 1 saturated heterocycles. The first kappa shape index (κ1) is 16.5. The zero-order valence-electron chi connectivity index (χ0n) is 13.4. The molecule has 5 heteroatoms. The molecule has 2 aromatic rings. The van der Waals surface area contributed by atoms with E-state index in [0.29, 0.717) is 37.2 Å². The number of phenolic OH excluding ortho intramolecular Hbond substituents is 2. The number of phenols is 2. The third-order valence-electron chi connectivity index (χ3n) is 4.28. The standard InChI is InChI=1S/C19H21NO4/c21-17-9-8-16(18(22)13-4-2-1-3-5-13)19(23)15(17)7-6-14-12-24-11-10-20-14/h1-5,8-9,14,20-21,23H,6-7,10-12H2. The molecule has 126 valence electrons. The smallest absolute Gasteiger partial charge is 0.196 e. The molecule has 0 amide bonds. The highest BCUT2D eigenvalue weighted by Gasteiger charge is 2.20. The lowest BCUT2D eigenvalue weighted by atomic mass is 9.96. The lowest BCUT2D eigenvalue weighted by molar-refractivity contribution is 0.0742. The fourth-order valence-electron chi connectivity index (χ4n) is 2.92. The summed E-state index contributed by atoms with van der Waals surface area (Å²) in [6, 6.07) is 11.9. The first-order chi connectivity index (χ1) is 11.7. The summed E-state index contributed by atoms with van der Waals surface area (Å²) in [6.07, 6.45) is 1.18. The molecule has 0 radical (unpaired) electrons. The molecule has 0 aliphatic carbocycles. The van der Waals surface area contributed by atoms with Gasteiger partial charge in [-0.15, -0.1) is 0 Å². The van der Waals surface area contributed by atoms with E-state index >= 15 is 0 Å². The van der Waals surface area contributed by atoms with Gasteiger partial charge in [0.1, 0.15) is 11.5 Å². The van der Waals surface area contributed by atoms with E-state index < -0.39 is 0 Å². The lowest BCUT2D eigenvalue weighted by Gasteiger charge is -2.24. The van der Waals surface area contributed by atoms with Crippen LogP contribution in [0.15, 0.2) is 42.5 Å². The van der Waals surface area contributed by atoms with Crippen molar-refractivity contribution < 1.29 is 19.7 Å². The summed E-state index contributed by atoms with van der Waals surface area (Å²) in [4.78, 5) is 12.6. The molecule has 5 nitrogen and oxygen atoms in total. The van der Waals surface area contributed by atoms with Crippen LogP contribution in [-0.2, 0) is 11.2 Å². The average molecular weight is 327 g/mol. The van der Waals surface area contributed by atoms with Crippen LogP contribution in [0.2, 0.25) is 0 Å². The van der Waals surface area contributed by atoms with Crippen molar-refractivity contribution in [3.05, 3.63) is 59.2 Å². The van der Waals surface area contributed by atoms with Crippen molar-refractivity contribution in [1.29, 1.82) is 0 Å². The van der Waals surface area contributed by atoms with Crippen molar-refractivity contribution in [2.75, 3.05) is 19.8 Å². The fraction of sp³-hybridized carbons (Fsp3) is 0.316. The molecular formula is C19H21NO4. The minimum atomic E-state index is -0.256.